The number of ether oxygens (including phenoxy) is 10. The lowest BCUT2D eigenvalue weighted by molar-refractivity contribution is -0.348. The van der Waals surface area contributed by atoms with Crippen LogP contribution in [0.25, 0.3) is 0 Å². The van der Waals surface area contributed by atoms with Crippen molar-refractivity contribution in [3.63, 3.8) is 0 Å². The van der Waals surface area contributed by atoms with Crippen molar-refractivity contribution in [3.8, 4) is 0 Å². The molecule has 16 nitrogen and oxygen atoms in total. The van der Waals surface area contributed by atoms with Crippen LogP contribution >= 0.6 is 0 Å². The number of methoxy groups -OCH3 is 1. The summed E-state index contributed by atoms with van der Waals surface area (Å²) in [7, 11) is 1.29. The number of carbonyl (C=O) groups is 3. The Labute approximate surface area is 408 Å². The normalized spacial score (nSPS) is 29.8. The maximum absolute atomic E-state index is 13.4. The number of amides is 1. The first kappa shape index (κ1) is 52.0. The fourth-order valence-corrected chi connectivity index (χ4v) is 8.93. The fourth-order valence-electron chi connectivity index (χ4n) is 8.93. The van der Waals surface area contributed by atoms with Crippen molar-refractivity contribution in [2.24, 2.45) is 11.8 Å². The SMILES string of the molecule is C=CCOC(=O)NC1C(O)[C@@H](O)[C@H](COC(=O)c2ccccc2)O[C@H]1O[C@@H]1CC(C(=O)OC)CC(C=C)[C@H]1OC1O[C@@H](C)[C@H](OCc2ccccc2)C(OCc2ccccc2)[C@@H]1OCc1ccccc1. The van der Waals surface area contributed by atoms with Gasteiger partial charge in [-0.05, 0) is 48.6 Å². The van der Waals surface area contributed by atoms with E-state index in [4.69, 9.17) is 47.4 Å². The van der Waals surface area contributed by atoms with Gasteiger partial charge in [0.1, 0.15) is 55.9 Å². The number of esters is 2. The van der Waals surface area contributed by atoms with E-state index in [1.807, 2.05) is 97.9 Å². The number of benzene rings is 4. The largest absolute Gasteiger partial charge is 0.469 e. The van der Waals surface area contributed by atoms with Crippen molar-refractivity contribution in [3.05, 3.63) is 169 Å². The first-order valence-electron chi connectivity index (χ1n) is 23.5. The van der Waals surface area contributed by atoms with Crippen molar-refractivity contribution in [1.82, 2.24) is 5.32 Å². The molecule has 6 unspecified atom stereocenters. The van der Waals surface area contributed by atoms with E-state index in [-0.39, 0.29) is 44.8 Å². The Morgan fingerprint density at radius 3 is 1.79 bits per heavy atom. The summed E-state index contributed by atoms with van der Waals surface area (Å²) in [6, 6.07) is 35.9. The summed E-state index contributed by atoms with van der Waals surface area (Å²) in [6.45, 7) is 9.54. The molecule has 2 heterocycles. The van der Waals surface area contributed by atoms with E-state index in [1.165, 1.54) is 13.2 Å². The zero-order valence-corrected chi connectivity index (χ0v) is 39.4. The van der Waals surface area contributed by atoms with E-state index in [0.717, 1.165) is 16.7 Å². The number of carbonyl (C=O) groups excluding carboxylic acids is 3. The first-order valence-corrected chi connectivity index (χ1v) is 23.5. The van der Waals surface area contributed by atoms with Crippen molar-refractivity contribution >= 4 is 18.0 Å². The van der Waals surface area contributed by atoms with Gasteiger partial charge in [0.05, 0.1) is 56.7 Å². The minimum atomic E-state index is -1.74. The molecular weight excluding hydrogens is 903 g/mol. The molecule has 14 atom stereocenters. The van der Waals surface area contributed by atoms with E-state index in [0.29, 0.717) is 0 Å². The number of rotatable bonds is 21. The predicted octanol–water partition coefficient (Wildman–Crippen LogP) is 6.23. The summed E-state index contributed by atoms with van der Waals surface area (Å²) >= 11 is 0. The Hall–Kier alpha value is -5.79. The van der Waals surface area contributed by atoms with Crippen LogP contribution in [0.4, 0.5) is 4.79 Å². The van der Waals surface area contributed by atoms with E-state index in [9.17, 15) is 24.6 Å². The molecule has 1 saturated carbocycles. The van der Waals surface area contributed by atoms with Crippen LogP contribution < -0.4 is 5.32 Å². The Morgan fingerprint density at radius 2 is 1.23 bits per heavy atom. The fraction of sp³-hybridized carbons (Fsp3) is 0.426. The number of hydrogen-bond acceptors (Lipinski definition) is 15. The minimum Gasteiger partial charge on any atom is -0.469 e. The van der Waals surface area contributed by atoms with Crippen LogP contribution in [0.15, 0.2) is 147 Å². The highest BCUT2D eigenvalue weighted by Crippen LogP contribution is 2.40. The Morgan fingerprint density at radius 1 is 0.671 bits per heavy atom. The zero-order chi connectivity index (χ0) is 49.4. The van der Waals surface area contributed by atoms with Crippen LogP contribution in [0.1, 0.15) is 46.8 Å². The highest BCUT2D eigenvalue weighted by Gasteiger charge is 2.53. The first-order chi connectivity index (χ1) is 34.1. The van der Waals surface area contributed by atoms with Crippen LogP contribution in [-0.4, -0.2) is 122 Å². The molecular formula is C54H63NO15. The molecule has 0 radical (unpaired) electrons. The standard InChI is InChI=1S/C54H63NO15/c1-5-27-62-54(60)55-43-45(57)44(56)42(33-66-51(59)39-25-17-10-18-26-39)69-52(43)68-41-29-40(50(58)61-4)28-38(6-2)47(41)70-53-49(65-32-37-23-15-9-16-24-37)48(64-31-36-21-13-8-14-22-36)46(34(3)67-53)63-30-35-19-11-7-12-20-35/h5-26,34,38,40-49,52-53,56-57H,1-2,27-33H2,3-4H3,(H,55,60)/t34-,38?,40?,41+,42-,43?,44-,45?,46-,47+,48?,49-,52+,53?/m0/s1. The second kappa shape index (κ2) is 25.9. The number of hydrogen-bond donors (Lipinski definition) is 3. The average Bonchev–Trinajstić information content (AvgIpc) is 3.39. The molecule has 0 bridgehead atoms. The van der Waals surface area contributed by atoms with Crippen LogP contribution in [-0.2, 0) is 72.0 Å². The molecule has 1 amide bonds. The molecule has 4 aromatic rings. The van der Waals surface area contributed by atoms with Gasteiger partial charge in [0.25, 0.3) is 0 Å². The molecule has 3 aliphatic rings. The lowest BCUT2D eigenvalue weighted by Crippen LogP contribution is -2.66. The molecule has 3 N–H and O–H groups in total. The van der Waals surface area contributed by atoms with Gasteiger partial charge in [0.2, 0.25) is 0 Å². The summed E-state index contributed by atoms with van der Waals surface area (Å²) in [5.74, 6) is -2.51. The van der Waals surface area contributed by atoms with Gasteiger partial charge < -0.3 is 62.9 Å². The maximum atomic E-state index is 13.4. The smallest absolute Gasteiger partial charge is 0.407 e. The van der Waals surface area contributed by atoms with Crippen molar-refractivity contribution in [2.45, 2.75) is 113 Å². The molecule has 2 saturated heterocycles. The monoisotopic (exact) mass is 965 g/mol. The quantitative estimate of drug-likeness (QED) is 0.0483. The van der Waals surface area contributed by atoms with E-state index in [1.54, 1.807) is 36.4 Å². The molecule has 374 valence electrons. The van der Waals surface area contributed by atoms with E-state index >= 15 is 0 Å². The molecule has 70 heavy (non-hydrogen) atoms. The minimum absolute atomic E-state index is 0.00996. The summed E-state index contributed by atoms with van der Waals surface area (Å²) in [4.78, 5) is 39.4. The average molecular weight is 966 g/mol. The van der Waals surface area contributed by atoms with Gasteiger partial charge in [-0.2, -0.15) is 0 Å². The summed E-state index contributed by atoms with van der Waals surface area (Å²) in [5, 5.41) is 25.6. The third-order valence-corrected chi connectivity index (χ3v) is 12.6. The molecule has 3 fully saturated rings. The lowest BCUT2D eigenvalue weighted by Gasteiger charge is -2.49. The molecule has 1 aliphatic carbocycles. The van der Waals surface area contributed by atoms with Crippen molar-refractivity contribution in [1.29, 1.82) is 0 Å². The number of aliphatic hydroxyl groups excluding tert-OH is 2. The molecule has 7 rings (SSSR count). The van der Waals surface area contributed by atoms with Gasteiger partial charge in [-0.15, -0.1) is 6.58 Å². The topological polar surface area (TPSA) is 196 Å². The molecule has 0 spiro atoms. The summed E-state index contributed by atoms with van der Waals surface area (Å²) < 4.78 is 63.2. The van der Waals surface area contributed by atoms with Gasteiger partial charge in [-0.3, -0.25) is 4.79 Å². The van der Waals surface area contributed by atoms with Gasteiger partial charge >= 0.3 is 18.0 Å². The highest BCUT2D eigenvalue weighted by atomic mass is 16.7. The maximum Gasteiger partial charge on any atom is 0.407 e. The summed E-state index contributed by atoms with van der Waals surface area (Å²) in [5.41, 5.74) is 3.02. The number of nitrogens with one attached hydrogen (secondary N) is 1. The van der Waals surface area contributed by atoms with Gasteiger partial charge in [-0.1, -0.05) is 128 Å². The van der Waals surface area contributed by atoms with E-state index in [2.05, 4.69) is 18.5 Å². The van der Waals surface area contributed by atoms with Gasteiger partial charge in [-0.25, -0.2) is 9.59 Å². The van der Waals surface area contributed by atoms with Gasteiger partial charge in [0.15, 0.2) is 12.6 Å². The van der Waals surface area contributed by atoms with E-state index < -0.39 is 110 Å². The summed E-state index contributed by atoms with van der Waals surface area (Å²) in [6.07, 6.45) is -10.1. The second-order valence-corrected chi connectivity index (χ2v) is 17.4. The predicted molar refractivity (Wildman–Crippen MR) is 253 cm³/mol. The van der Waals surface area contributed by atoms with Crippen LogP contribution in [0.3, 0.4) is 0 Å². The molecule has 4 aromatic carbocycles. The lowest BCUT2D eigenvalue weighted by atomic mass is 9.77. The Bertz CT molecular complexity index is 2250. The highest BCUT2D eigenvalue weighted by molar-refractivity contribution is 5.89. The number of alkyl carbamates (subject to hydrolysis) is 1. The number of aliphatic hydroxyl groups is 2. The third kappa shape index (κ3) is 13.7. The zero-order valence-electron chi connectivity index (χ0n) is 39.4. The Balaban J connectivity index is 1.22. The molecule has 0 aromatic heterocycles. The van der Waals surface area contributed by atoms with Gasteiger partial charge in [0, 0.05) is 5.92 Å². The van der Waals surface area contributed by atoms with Crippen LogP contribution in [0, 0.1) is 11.8 Å². The third-order valence-electron chi connectivity index (χ3n) is 12.6. The molecule has 2 aliphatic heterocycles. The second-order valence-electron chi connectivity index (χ2n) is 17.4. The van der Waals surface area contributed by atoms with Crippen molar-refractivity contribution in [2.75, 3.05) is 20.3 Å². The molecule has 16 heteroatoms. The van der Waals surface area contributed by atoms with Crippen LogP contribution in [0.5, 0.6) is 0 Å². The van der Waals surface area contributed by atoms with Crippen LogP contribution in [0.2, 0.25) is 0 Å². The van der Waals surface area contributed by atoms with Crippen molar-refractivity contribution < 1.29 is 72.0 Å². The Kier molecular flexibility index (Phi) is 19.2.